The fraction of sp³-hybridized carbons (Fsp3) is 0.250. The molecule has 8 bridgehead atoms. The second kappa shape index (κ2) is 7.54. The van der Waals surface area contributed by atoms with E-state index in [-0.39, 0.29) is 0 Å². The van der Waals surface area contributed by atoms with E-state index in [1.54, 1.807) is 0 Å². The summed E-state index contributed by atoms with van der Waals surface area (Å²) in [7, 11) is 0. The monoisotopic (exact) mass is 470 g/mol. The van der Waals surface area contributed by atoms with Gasteiger partial charge in [-0.15, -0.1) is 0 Å². The first-order valence-corrected chi connectivity index (χ1v) is 13.0. The quantitative estimate of drug-likeness (QED) is 0.261. The SMILES string of the molecule is CCc1c(C)c2cc3[nH]c(cc4nc(cc5nc6c(c1[nH]2)CCC6=C5C)-c1ccccc1-4)c(C)c3C. The summed E-state index contributed by atoms with van der Waals surface area (Å²) in [6, 6.07) is 15.2. The van der Waals surface area contributed by atoms with Crippen LogP contribution in [0.15, 0.2) is 42.5 Å². The molecule has 2 N–H and O–H groups in total. The summed E-state index contributed by atoms with van der Waals surface area (Å²) in [5, 5.41) is 0. The molecule has 0 radical (unpaired) electrons. The van der Waals surface area contributed by atoms with Crippen molar-refractivity contribution >= 4 is 33.2 Å². The summed E-state index contributed by atoms with van der Waals surface area (Å²) in [5.41, 5.74) is 20.6. The second-order valence-corrected chi connectivity index (χ2v) is 10.4. The molecule has 36 heavy (non-hydrogen) atoms. The normalized spacial score (nSPS) is 14.0. The maximum absolute atomic E-state index is 5.22. The van der Waals surface area contributed by atoms with Gasteiger partial charge in [-0.1, -0.05) is 31.2 Å². The van der Waals surface area contributed by atoms with Gasteiger partial charge in [0.25, 0.3) is 0 Å². The number of rotatable bonds is 1. The lowest BCUT2D eigenvalue weighted by Gasteiger charge is -2.00. The molecule has 2 aliphatic heterocycles. The van der Waals surface area contributed by atoms with Gasteiger partial charge in [-0.3, -0.25) is 0 Å². The highest BCUT2D eigenvalue weighted by Crippen LogP contribution is 2.43. The van der Waals surface area contributed by atoms with Crippen LogP contribution in [0.1, 0.15) is 59.5 Å². The van der Waals surface area contributed by atoms with Gasteiger partial charge in [0.2, 0.25) is 0 Å². The van der Waals surface area contributed by atoms with Crippen LogP contribution in [-0.2, 0) is 12.8 Å². The maximum atomic E-state index is 5.22. The minimum Gasteiger partial charge on any atom is -0.355 e. The number of aryl methyl sites for hydroxylation is 5. The Labute approximate surface area is 211 Å². The molecule has 0 atom stereocenters. The van der Waals surface area contributed by atoms with E-state index in [4.69, 9.17) is 9.97 Å². The molecule has 0 unspecified atom stereocenters. The molecule has 0 amide bonds. The van der Waals surface area contributed by atoms with Gasteiger partial charge in [0.1, 0.15) is 0 Å². The number of aromatic nitrogens is 4. The average molecular weight is 471 g/mol. The fourth-order valence-corrected chi connectivity index (χ4v) is 6.25. The van der Waals surface area contributed by atoms with Crippen LogP contribution >= 0.6 is 0 Å². The Kier molecular flexibility index (Phi) is 4.47. The van der Waals surface area contributed by atoms with Crippen molar-refractivity contribution in [2.45, 2.75) is 53.9 Å². The third kappa shape index (κ3) is 2.87. The van der Waals surface area contributed by atoms with Crippen LogP contribution < -0.4 is 0 Å². The van der Waals surface area contributed by atoms with Crippen LogP contribution in [-0.4, -0.2) is 19.9 Å². The van der Waals surface area contributed by atoms with E-state index in [9.17, 15) is 0 Å². The van der Waals surface area contributed by atoms with E-state index in [2.05, 4.69) is 87.1 Å². The smallest absolute Gasteiger partial charge is 0.0737 e. The Hall–Kier alpha value is -3.92. The molecule has 3 aliphatic rings. The molecular weight excluding hydrogens is 440 g/mol. The van der Waals surface area contributed by atoms with Crippen LogP contribution in [0.3, 0.4) is 0 Å². The lowest BCUT2D eigenvalue weighted by atomic mass is 10.0. The van der Waals surface area contributed by atoms with Crippen LogP contribution in [0.5, 0.6) is 0 Å². The molecule has 0 saturated heterocycles. The van der Waals surface area contributed by atoms with Crippen LogP contribution in [0.2, 0.25) is 0 Å². The summed E-state index contributed by atoms with van der Waals surface area (Å²) >= 11 is 0. The maximum Gasteiger partial charge on any atom is 0.0737 e. The average Bonchev–Trinajstić information content (AvgIpc) is 3.65. The Balaban J connectivity index is 1.69. The number of hydrogen-bond acceptors (Lipinski definition) is 2. The van der Waals surface area contributed by atoms with E-state index < -0.39 is 0 Å². The highest BCUT2D eigenvalue weighted by molar-refractivity contribution is 5.97. The lowest BCUT2D eigenvalue weighted by Crippen LogP contribution is -1.88. The molecule has 178 valence electrons. The van der Waals surface area contributed by atoms with E-state index in [0.717, 1.165) is 47.4 Å². The number of benzene rings is 1. The minimum absolute atomic E-state index is 0.990. The highest BCUT2D eigenvalue weighted by atomic mass is 14.8. The number of hydrogen-bond donors (Lipinski definition) is 2. The zero-order valence-electron chi connectivity index (χ0n) is 21.6. The first kappa shape index (κ1) is 21.4. The lowest BCUT2D eigenvalue weighted by molar-refractivity contribution is 1.07. The van der Waals surface area contributed by atoms with Crippen molar-refractivity contribution in [2.75, 3.05) is 0 Å². The molecule has 7 rings (SSSR count). The van der Waals surface area contributed by atoms with E-state index in [1.807, 2.05) is 0 Å². The van der Waals surface area contributed by atoms with Gasteiger partial charge < -0.3 is 9.97 Å². The molecule has 4 aromatic rings. The van der Waals surface area contributed by atoms with Crippen molar-refractivity contribution in [2.24, 2.45) is 0 Å². The van der Waals surface area contributed by atoms with Crippen molar-refractivity contribution in [3.05, 3.63) is 81.7 Å². The van der Waals surface area contributed by atoms with Gasteiger partial charge in [0, 0.05) is 38.8 Å². The topological polar surface area (TPSA) is 57.4 Å². The number of H-pyrrole nitrogens is 2. The number of nitrogens with one attached hydrogen (secondary N) is 2. The van der Waals surface area contributed by atoms with Gasteiger partial charge in [0.05, 0.1) is 22.8 Å². The number of allylic oxidation sites excluding steroid dienone is 2. The predicted octanol–water partition coefficient (Wildman–Crippen LogP) is 8.01. The Bertz CT molecular complexity index is 1810. The molecule has 1 aromatic carbocycles. The molecule has 0 fully saturated rings. The van der Waals surface area contributed by atoms with Crippen molar-refractivity contribution in [1.82, 2.24) is 19.9 Å². The molecule has 3 aromatic heterocycles. The number of fused-ring (bicyclic) bond motifs is 11. The summed E-state index contributed by atoms with van der Waals surface area (Å²) in [4.78, 5) is 17.9. The highest BCUT2D eigenvalue weighted by Gasteiger charge is 2.28. The first-order valence-electron chi connectivity index (χ1n) is 13.0. The van der Waals surface area contributed by atoms with E-state index in [1.165, 1.54) is 66.8 Å². The summed E-state index contributed by atoms with van der Waals surface area (Å²) < 4.78 is 0. The minimum atomic E-state index is 0.990. The van der Waals surface area contributed by atoms with Crippen LogP contribution in [0.25, 0.3) is 55.7 Å². The standard InChI is InChI=1S/C32H30N4/c1-6-20-18(4)27-13-25-16(2)17(3)26(33-25)14-29-22-9-7-8-10-23(22)30(34-29)15-28-19(5)21-11-12-24(31(20)35-27)32(21)36-28/h7-10,13-15,33,35H,6,11-12H2,1-5H3. The Morgan fingerprint density at radius 3 is 2.11 bits per heavy atom. The Morgan fingerprint density at radius 1 is 0.722 bits per heavy atom. The fourth-order valence-electron chi connectivity index (χ4n) is 6.25. The molecule has 4 heteroatoms. The van der Waals surface area contributed by atoms with Crippen molar-refractivity contribution in [3.63, 3.8) is 0 Å². The number of nitrogens with zero attached hydrogens (tertiary/aromatic N) is 2. The summed E-state index contributed by atoms with van der Waals surface area (Å²) in [6.07, 6.45) is 3.08. The van der Waals surface area contributed by atoms with Gasteiger partial charge in [-0.25, -0.2) is 9.97 Å². The van der Waals surface area contributed by atoms with E-state index >= 15 is 0 Å². The molecule has 4 nitrogen and oxygen atoms in total. The summed E-state index contributed by atoms with van der Waals surface area (Å²) in [6.45, 7) is 11.1. The molecule has 0 saturated carbocycles. The van der Waals surface area contributed by atoms with Crippen LogP contribution in [0, 0.1) is 20.8 Å². The van der Waals surface area contributed by atoms with Crippen molar-refractivity contribution in [3.8, 4) is 22.5 Å². The molecular formula is C32H30N4. The van der Waals surface area contributed by atoms with Gasteiger partial charge in [-0.2, -0.15) is 0 Å². The Morgan fingerprint density at radius 2 is 1.39 bits per heavy atom. The third-order valence-electron chi connectivity index (χ3n) is 8.54. The zero-order valence-corrected chi connectivity index (χ0v) is 21.6. The zero-order chi connectivity index (χ0) is 24.7. The predicted molar refractivity (Wildman–Crippen MR) is 150 cm³/mol. The molecule has 0 spiro atoms. The van der Waals surface area contributed by atoms with Crippen LogP contribution in [0.4, 0.5) is 0 Å². The second-order valence-electron chi connectivity index (χ2n) is 10.4. The van der Waals surface area contributed by atoms with Gasteiger partial charge >= 0.3 is 0 Å². The molecule has 5 heterocycles. The van der Waals surface area contributed by atoms with Crippen molar-refractivity contribution in [1.29, 1.82) is 0 Å². The van der Waals surface area contributed by atoms with Crippen molar-refractivity contribution < 1.29 is 0 Å². The first-order chi connectivity index (χ1) is 17.4. The van der Waals surface area contributed by atoms with Gasteiger partial charge in [0.15, 0.2) is 0 Å². The molecule has 1 aliphatic carbocycles. The third-order valence-corrected chi connectivity index (χ3v) is 8.54. The van der Waals surface area contributed by atoms with E-state index in [0.29, 0.717) is 0 Å². The summed E-state index contributed by atoms with van der Waals surface area (Å²) in [5.74, 6) is 0. The number of aromatic amines is 2. The largest absolute Gasteiger partial charge is 0.355 e. The van der Waals surface area contributed by atoms with Gasteiger partial charge in [-0.05, 0) is 98.6 Å².